The normalized spacial score (nSPS) is 15.7. The molecule has 0 bridgehead atoms. The van der Waals surface area contributed by atoms with Gasteiger partial charge in [0.15, 0.2) is 0 Å². The molecule has 0 aromatic heterocycles. The van der Waals surface area contributed by atoms with Gasteiger partial charge in [0.25, 0.3) is 0 Å². The van der Waals surface area contributed by atoms with E-state index in [-0.39, 0.29) is 5.91 Å². The molecule has 0 atom stereocenters. The van der Waals surface area contributed by atoms with Crippen LogP contribution in [0.3, 0.4) is 0 Å². The van der Waals surface area contributed by atoms with Crippen molar-refractivity contribution in [1.29, 1.82) is 0 Å². The predicted molar refractivity (Wildman–Crippen MR) is 79.2 cm³/mol. The Morgan fingerprint density at radius 2 is 1.95 bits per heavy atom. The van der Waals surface area contributed by atoms with Gasteiger partial charge in [-0.2, -0.15) is 0 Å². The Balaban J connectivity index is 1.98. The van der Waals surface area contributed by atoms with E-state index >= 15 is 0 Å². The lowest BCUT2D eigenvalue weighted by molar-refractivity contribution is -0.130. The molecule has 1 amide bonds. The Kier molecular flexibility index (Phi) is 4.91. The number of amides is 1. The highest BCUT2D eigenvalue weighted by atomic mass is 35.5. The first-order chi connectivity index (χ1) is 9.11. The lowest BCUT2D eigenvalue weighted by Crippen LogP contribution is -2.50. The second-order valence-electron chi connectivity index (χ2n) is 4.49. The Labute approximate surface area is 123 Å². The maximum absolute atomic E-state index is 11.8. The van der Waals surface area contributed by atoms with Gasteiger partial charge in [-0.1, -0.05) is 23.2 Å². The third-order valence-corrected chi connectivity index (χ3v) is 3.75. The van der Waals surface area contributed by atoms with Crippen LogP contribution in [0, 0.1) is 0 Å². The molecule has 1 heterocycles. The number of carbonyl (C=O) groups is 1. The number of nitrogens with one attached hydrogen (secondary N) is 1. The van der Waals surface area contributed by atoms with Gasteiger partial charge in [0, 0.05) is 31.2 Å². The molecule has 0 saturated carbocycles. The van der Waals surface area contributed by atoms with E-state index < -0.39 is 0 Å². The topological polar surface area (TPSA) is 35.6 Å². The van der Waals surface area contributed by atoms with Crippen LogP contribution in [-0.4, -0.2) is 50.6 Å². The van der Waals surface area contributed by atoms with E-state index in [2.05, 4.69) is 10.2 Å². The van der Waals surface area contributed by atoms with Gasteiger partial charge in [-0.15, -0.1) is 0 Å². The molecule has 1 aromatic carbocycles. The standard InChI is InChI=1S/C13H17Cl2N3O/c1-16-9-13(19)18-6-4-17(5-7-18)12-3-2-10(14)8-11(12)15/h2-3,8,16H,4-7,9H2,1H3. The monoisotopic (exact) mass is 301 g/mol. The minimum Gasteiger partial charge on any atom is -0.367 e. The van der Waals surface area contributed by atoms with Crippen molar-refractivity contribution in [2.45, 2.75) is 0 Å². The number of piperazine rings is 1. The maximum Gasteiger partial charge on any atom is 0.236 e. The smallest absolute Gasteiger partial charge is 0.236 e. The van der Waals surface area contributed by atoms with Gasteiger partial charge < -0.3 is 15.1 Å². The number of rotatable bonds is 3. The fourth-order valence-corrected chi connectivity index (χ4v) is 2.73. The van der Waals surface area contributed by atoms with E-state index in [0.29, 0.717) is 16.6 Å². The summed E-state index contributed by atoms with van der Waals surface area (Å²) in [7, 11) is 1.78. The summed E-state index contributed by atoms with van der Waals surface area (Å²) in [4.78, 5) is 15.8. The van der Waals surface area contributed by atoms with Gasteiger partial charge in [-0.05, 0) is 25.2 Å². The SMILES string of the molecule is CNCC(=O)N1CCN(c2ccc(Cl)cc2Cl)CC1. The molecule has 0 unspecified atom stereocenters. The Morgan fingerprint density at radius 1 is 1.26 bits per heavy atom. The first kappa shape index (κ1) is 14.4. The van der Waals surface area contributed by atoms with Crippen LogP contribution in [-0.2, 0) is 4.79 Å². The Bertz CT molecular complexity index is 459. The van der Waals surface area contributed by atoms with Crippen LogP contribution in [0.4, 0.5) is 5.69 Å². The summed E-state index contributed by atoms with van der Waals surface area (Å²) in [6, 6.07) is 5.51. The molecule has 0 spiro atoms. The summed E-state index contributed by atoms with van der Waals surface area (Å²) >= 11 is 12.1. The van der Waals surface area contributed by atoms with E-state index in [0.717, 1.165) is 31.9 Å². The number of halogens is 2. The second-order valence-corrected chi connectivity index (χ2v) is 5.34. The van der Waals surface area contributed by atoms with Crippen molar-refractivity contribution < 1.29 is 4.79 Å². The van der Waals surface area contributed by atoms with Crippen molar-refractivity contribution in [3.05, 3.63) is 28.2 Å². The van der Waals surface area contributed by atoms with E-state index in [1.807, 2.05) is 17.0 Å². The van der Waals surface area contributed by atoms with Gasteiger partial charge in [0.1, 0.15) is 0 Å². The lowest BCUT2D eigenvalue weighted by atomic mass is 10.2. The lowest BCUT2D eigenvalue weighted by Gasteiger charge is -2.36. The minimum atomic E-state index is 0.143. The molecule has 1 aromatic rings. The van der Waals surface area contributed by atoms with Crippen molar-refractivity contribution in [3.8, 4) is 0 Å². The number of likely N-dealkylation sites (N-methyl/N-ethyl adjacent to an activating group) is 1. The molecule has 0 aliphatic carbocycles. The molecule has 1 aliphatic rings. The zero-order chi connectivity index (χ0) is 13.8. The van der Waals surface area contributed by atoms with Crippen LogP contribution in [0.5, 0.6) is 0 Å². The number of hydrogen-bond donors (Lipinski definition) is 1. The van der Waals surface area contributed by atoms with Crippen LogP contribution in [0.15, 0.2) is 18.2 Å². The first-order valence-electron chi connectivity index (χ1n) is 6.24. The van der Waals surface area contributed by atoms with Crippen LogP contribution < -0.4 is 10.2 Å². The molecule has 4 nitrogen and oxygen atoms in total. The second kappa shape index (κ2) is 6.46. The number of benzene rings is 1. The van der Waals surface area contributed by atoms with Crippen molar-refractivity contribution in [2.75, 3.05) is 44.7 Å². The number of hydrogen-bond acceptors (Lipinski definition) is 3. The minimum absolute atomic E-state index is 0.143. The fourth-order valence-electron chi connectivity index (χ4n) is 2.20. The molecular weight excluding hydrogens is 285 g/mol. The number of carbonyl (C=O) groups excluding carboxylic acids is 1. The summed E-state index contributed by atoms with van der Waals surface area (Å²) in [5, 5.41) is 4.17. The molecule has 1 fully saturated rings. The molecule has 0 radical (unpaired) electrons. The quantitative estimate of drug-likeness (QED) is 0.926. The predicted octanol–water partition coefficient (Wildman–Crippen LogP) is 1.86. The number of nitrogens with zero attached hydrogens (tertiary/aromatic N) is 2. The molecule has 19 heavy (non-hydrogen) atoms. The molecule has 104 valence electrons. The average molecular weight is 302 g/mol. The van der Waals surface area contributed by atoms with Crippen LogP contribution in [0.25, 0.3) is 0 Å². The highest BCUT2D eigenvalue weighted by Crippen LogP contribution is 2.29. The summed E-state index contributed by atoms with van der Waals surface area (Å²) in [6.45, 7) is 3.41. The molecular formula is C13H17Cl2N3O. The number of anilines is 1. The van der Waals surface area contributed by atoms with E-state index in [4.69, 9.17) is 23.2 Å². The van der Waals surface area contributed by atoms with Crippen LogP contribution in [0.1, 0.15) is 0 Å². The van der Waals surface area contributed by atoms with E-state index in [9.17, 15) is 4.79 Å². The zero-order valence-electron chi connectivity index (χ0n) is 10.8. The van der Waals surface area contributed by atoms with Crippen molar-refractivity contribution in [1.82, 2.24) is 10.2 Å². The molecule has 2 rings (SSSR count). The molecule has 1 saturated heterocycles. The average Bonchev–Trinajstić information content (AvgIpc) is 2.39. The van der Waals surface area contributed by atoms with E-state index in [1.54, 1.807) is 13.1 Å². The van der Waals surface area contributed by atoms with E-state index in [1.165, 1.54) is 0 Å². The van der Waals surface area contributed by atoms with Gasteiger partial charge >= 0.3 is 0 Å². The van der Waals surface area contributed by atoms with Crippen molar-refractivity contribution >= 4 is 34.8 Å². The molecule has 6 heteroatoms. The van der Waals surface area contributed by atoms with Gasteiger partial charge in [-0.25, -0.2) is 0 Å². The Hall–Kier alpha value is -0.970. The largest absolute Gasteiger partial charge is 0.367 e. The Morgan fingerprint density at radius 3 is 2.53 bits per heavy atom. The summed E-state index contributed by atoms with van der Waals surface area (Å²) in [6.07, 6.45) is 0. The first-order valence-corrected chi connectivity index (χ1v) is 7.00. The van der Waals surface area contributed by atoms with Crippen LogP contribution in [0.2, 0.25) is 10.0 Å². The zero-order valence-corrected chi connectivity index (χ0v) is 12.3. The van der Waals surface area contributed by atoms with Gasteiger partial charge in [0.05, 0.1) is 17.3 Å². The van der Waals surface area contributed by atoms with Crippen molar-refractivity contribution in [3.63, 3.8) is 0 Å². The highest BCUT2D eigenvalue weighted by molar-refractivity contribution is 6.36. The van der Waals surface area contributed by atoms with Crippen LogP contribution >= 0.6 is 23.2 Å². The van der Waals surface area contributed by atoms with Gasteiger partial charge in [0.2, 0.25) is 5.91 Å². The summed E-state index contributed by atoms with van der Waals surface area (Å²) < 4.78 is 0. The molecule has 1 N–H and O–H groups in total. The third kappa shape index (κ3) is 3.53. The van der Waals surface area contributed by atoms with Gasteiger partial charge in [-0.3, -0.25) is 4.79 Å². The fraction of sp³-hybridized carbons (Fsp3) is 0.462. The molecule has 1 aliphatic heterocycles. The highest BCUT2D eigenvalue weighted by Gasteiger charge is 2.21. The third-order valence-electron chi connectivity index (χ3n) is 3.21. The summed E-state index contributed by atoms with van der Waals surface area (Å²) in [5.74, 6) is 0.143. The van der Waals surface area contributed by atoms with Crippen molar-refractivity contribution in [2.24, 2.45) is 0 Å². The maximum atomic E-state index is 11.8. The summed E-state index contributed by atoms with van der Waals surface area (Å²) in [5.41, 5.74) is 0.979.